The summed E-state index contributed by atoms with van der Waals surface area (Å²) < 4.78 is 10.2. The Hall–Kier alpha value is -2.92. The van der Waals surface area contributed by atoms with Crippen LogP contribution < -0.4 is 10.3 Å². The molecule has 0 N–H and O–H groups in total. The van der Waals surface area contributed by atoms with E-state index in [1.807, 2.05) is 93.8 Å². The third-order valence-corrected chi connectivity index (χ3v) is 5.61. The van der Waals surface area contributed by atoms with Crippen molar-refractivity contribution in [1.29, 1.82) is 0 Å². The van der Waals surface area contributed by atoms with Gasteiger partial charge in [0.05, 0.1) is 11.4 Å². The van der Waals surface area contributed by atoms with Gasteiger partial charge in [-0.25, -0.2) is 0 Å². The Bertz CT molecular complexity index is 1280. The van der Waals surface area contributed by atoms with Crippen LogP contribution in [-0.2, 0) is 0 Å². The highest BCUT2D eigenvalue weighted by molar-refractivity contribution is 7.71. The van der Waals surface area contributed by atoms with Crippen molar-refractivity contribution in [1.82, 2.24) is 9.13 Å². The van der Waals surface area contributed by atoms with Crippen molar-refractivity contribution in [2.75, 3.05) is 0 Å². The van der Waals surface area contributed by atoms with E-state index in [2.05, 4.69) is 0 Å². The number of allylic oxidation sites excluding steroid dienone is 1. The maximum absolute atomic E-state index is 13.6. The van der Waals surface area contributed by atoms with E-state index in [9.17, 15) is 4.79 Å². The van der Waals surface area contributed by atoms with Gasteiger partial charge in [0.25, 0.3) is 5.56 Å². The van der Waals surface area contributed by atoms with Crippen LogP contribution in [0.3, 0.4) is 0 Å². The Morgan fingerprint density at radius 2 is 1.38 bits per heavy atom. The molecule has 29 heavy (non-hydrogen) atoms. The molecule has 5 heteroatoms. The molecule has 1 aliphatic rings. The number of fused-ring (bicyclic) bond motifs is 1. The highest BCUT2D eigenvalue weighted by Crippen LogP contribution is 2.36. The van der Waals surface area contributed by atoms with Crippen LogP contribution in [0.1, 0.15) is 37.5 Å². The lowest BCUT2D eigenvalue weighted by molar-refractivity contribution is 0.144. The second-order valence-corrected chi connectivity index (χ2v) is 8.41. The summed E-state index contributed by atoms with van der Waals surface area (Å²) in [6.07, 6.45) is 1.99. The first-order valence-electron chi connectivity index (χ1n) is 9.64. The number of ether oxygens (including phenoxy) is 1. The monoisotopic (exact) mass is 404 g/mol. The standard InChI is InChI=1S/C24H24N2O2S/c1-15-10-6-8-12-18(15)25-21(27)20-17(3)14-24(4,5)28-22(20)26(23(25)29)19-13-9-7-11-16(19)2/h6-14H,1-5H3. The van der Waals surface area contributed by atoms with Gasteiger partial charge in [-0.3, -0.25) is 13.9 Å². The van der Waals surface area contributed by atoms with E-state index in [-0.39, 0.29) is 5.56 Å². The number of rotatable bonds is 2. The molecule has 4 nitrogen and oxygen atoms in total. The molecule has 148 valence electrons. The minimum absolute atomic E-state index is 0.159. The number of nitrogens with zero attached hydrogens (tertiary/aromatic N) is 2. The quantitative estimate of drug-likeness (QED) is 0.526. The van der Waals surface area contributed by atoms with E-state index >= 15 is 0 Å². The SMILES string of the molecule is CC1=CC(C)(C)Oc2c1c(=O)n(-c1ccccc1C)c(=S)n2-c1ccccc1C. The van der Waals surface area contributed by atoms with E-state index in [0.29, 0.717) is 16.2 Å². The summed E-state index contributed by atoms with van der Waals surface area (Å²) in [5.74, 6) is 0.504. The van der Waals surface area contributed by atoms with Crippen molar-refractivity contribution in [2.24, 2.45) is 0 Å². The topological polar surface area (TPSA) is 36.2 Å². The molecule has 1 aliphatic heterocycles. The van der Waals surface area contributed by atoms with E-state index in [1.165, 1.54) is 0 Å². The zero-order chi connectivity index (χ0) is 20.9. The molecule has 0 saturated heterocycles. The molecule has 3 aromatic rings. The molecule has 0 spiro atoms. The molecule has 2 aromatic carbocycles. The number of aromatic nitrogens is 2. The molecule has 0 aliphatic carbocycles. The van der Waals surface area contributed by atoms with Gasteiger partial charge in [0.15, 0.2) is 4.77 Å². The summed E-state index contributed by atoms with van der Waals surface area (Å²) in [7, 11) is 0. The molecule has 1 aromatic heterocycles. The summed E-state index contributed by atoms with van der Waals surface area (Å²) >= 11 is 5.89. The molecular weight excluding hydrogens is 380 g/mol. The highest BCUT2D eigenvalue weighted by atomic mass is 32.1. The van der Waals surface area contributed by atoms with E-state index < -0.39 is 5.60 Å². The van der Waals surface area contributed by atoms with Gasteiger partial charge in [-0.05, 0) is 81.7 Å². The molecule has 0 unspecified atom stereocenters. The number of aryl methyl sites for hydroxylation is 2. The molecule has 0 saturated carbocycles. The lowest BCUT2D eigenvalue weighted by Gasteiger charge is -2.33. The normalized spacial score (nSPS) is 14.7. The van der Waals surface area contributed by atoms with Crippen molar-refractivity contribution in [3.05, 3.63) is 86.4 Å². The first-order valence-corrected chi connectivity index (χ1v) is 10.0. The van der Waals surface area contributed by atoms with Crippen LogP contribution in [0.4, 0.5) is 0 Å². The number of hydrogen-bond acceptors (Lipinski definition) is 3. The van der Waals surface area contributed by atoms with Crippen LogP contribution >= 0.6 is 12.2 Å². The average molecular weight is 405 g/mol. The van der Waals surface area contributed by atoms with Gasteiger partial charge in [0.2, 0.25) is 5.88 Å². The molecule has 0 radical (unpaired) electrons. The van der Waals surface area contributed by atoms with Crippen LogP contribution in [0.15, 0.2) is 59.4 Å². The zero-order valence-electron chi connectivity index (χ0n) is 17.3. The van der Waals surface area contributed by atoms with E-state index in [1.54, 1.807) is 4.57 Å². The molecular formula is C24H24N2O2S. The van der Waals surface area contributed by atoms with Crippen molar-refractivity contribution >= 4 is 17.8 Å². The predicted molar refractivity (Wildman–Crippen MR) is 120 cm³/mol. The Kier molecular flexibility index (Phi) is 4.58. The first kappa shape index (κ1) is 19.4. The lowest BCUT2D eigenvalue weighted by Crippen LogP contribution is -2.36. The van der Waals surface area contributed by atoms with Crippen LogP contribution in [0.2, 0.25) is 0 Å². The smallest absolute Gasteiger partial charge is 0.270 e. The Morgan fingerprint density at radius 1 is 0.862 bits per heavy atom. The third-order valence-electron chi connectivity index (χ3n) is 5.25. The predicted octanol–water partition coefficient (Wildman–Crippen LogP) is 5.55. The Balaban J connectivity index is 2.21. The minimum Gasteiger partial charge on any atom is -0.468 e. The van der Waals surface area contributed by atoms with Gasteiger partial charge in [-0.1, -0.05) is 36.4 Å². The average Bonchev–Trinajstić information content (AvgIpc) is 2.63. The number of benzene rings is 2. The van der Waals surface area contributed by atoms with Gasteiger partial charge < -0.3 is 4.74 Å². The van der Waals surface area contributed by atoms with Crippen molar-refractivity contribution in [3.8, 4) is 17.3 Å². The number of hydrogen-bond donors (Lipinski definition) is 0. The summed E-state index contributed by atoms with van der Waals surface area (Å²) in [5.41, 5.74) is 4.46. The van der Waals surface area contributed by atoms with Crippen molar-refractivity contribution in [2.45, 2.75) is 40.2 Å². The second kappa shape index (κ2) is 6.85. The Morgan fingerprint density at radius 3 is 1.93 bits per heavy atom. The van der Waals surface area contributed by atoms with Crippen LogP contribution in [-0.4, -0.2) is 14.7 Å². The maximum Gasteiger partial charge on any atom is 0.270 e. The lowest BCUT2D eigenvalue weighted by atomic mass is 9.98. The largest absolute Gasteiger partial charge is 0.468 e. The highest BCUT2D eigenvalue weighted by Gasteiger charge is 2.32. The number of para-hydroxylation sites is 2. The molecule has 0 atom stereocenters. The summed E-state index contributed by atoms with van der Waals surface area (Å²) in [6.45, 7) is 9.94. The fourth-order valence-electron chi connectivity index (χ4n) is 3.95. The Labute approximate surface area is 175 Å². The van der Waals surface area contributed by atoms with Gasteiger partial charge in [-0.15, -0.1) is 0 Å². The summed E-state index contributed by atoms with van der Waals surface area (Å²) in [6, 6.07) is 15.8. The summed E-state index contributed by atoms with van der Waals surface area (Å²) in [4.78, 5) is 13.6. The first-order chi connectivity index (χ1) is 13.7. The maximum atomic E-state index is 13.6. The van der Waals surface area contributed by atoms with Gasteiger partial charge in [0, 0.05) is 0 Å². The molecule has 0 fully saturated rings. The van der Waals surface area contributed by atoms with Gasteiger partial charge in [0.1, 0.15) is 11.2 Å². The molecule has 0 amide bonds. The minimum atomic E-state index is -0.537. The van der Waals surface area contributed by atoms with Crippen LogP contribution in [0.25, 0.3) is 16.9 Å². The van der Waals surface area contributed by atoms with Crippen molar-refractivity contribution in [3.63, 3.8) is 0 Å². The van der Waals surface area contributed by atoms with Crippen LogP contribution in [0.5, 0.6) is 5.88 Å². The third kappa shape index (κ3) is 3.15. The molecule has 4 rings (SSSR count). The van der Waals surface area contributed by atoms with Gasteiger partial charge in [-0.2, -0.15) is 0 Å². The fraction of sp³-hybridized carbons (Fsp3) is 0.250. The van der Waals surface area contributed by atoms with E-state index in [0.717, 1.165) is 28.1 Å². The van der Waals surface area contributed by atoms with Crippen molar-refractivity contribution < 1.29 is 4.74 Å². The fourth-order valence-corrected chi connectivity index (χ4v) is 4.31. The van der Waals surface area contributed by atoms with Crippen LogP contribution in [0, 0.1) is 18.6 Å². The summed E-state index contributed by atoms with van der Waals surface area (Å²) in [5, 5.41) is 0. The molecule has 0 bridgehead atoms. The second-order valence-electron chi connectivity index (χ2n) is 8.04. The zero-order valence-corrected chi connectivity index (χ0v) is 18.1. The van der Waals surface area contributed by atoms with E-state index in [4.69, 9.17) is 17.0 Å². The van der Waals surface area contributed by atoms with Gasteiger partial charge >= 0.3 is 0 Å². The molecule has 2 heterocycles.